The van der Waals surface area contributed by atoms with Gasteiger partial charge in [0.25, 0.3) is 10.2 Å². The average molecular weight is 313 g/mol. The molecule has 0 spiro atoms. The number of nitrogens with zero attached hydrogens (tertiary/aromatic N) is 4. The van der Waals surface area contributed by atoms with Crippen molar-refractivity contribution in [2.45, 2.75) is 37.8 Å². The first kappa shape index (κ1) is 15.0. The molecule has 2 atom stereocenters. The molecule has 0 radical (unpaired) electrons. The lowest BCUT2D eigenvalue weighted by Crippen LogP contribution is -2.44. The highest BCUT2D eigenvalue weighted by atomic mass is 32.2. The first-order valence-corrected chi connectivity index (χ1v) is 8.83. The molecule has 1 saturated heterocycles. The minimum atomic E-state index is -3.40. The fourth-order valence-electron chi connectivity index (χ4n) is 3.04. The molecule has 1 aliphatic heterocycles. The molecule has 0 amide bonds. The van der Waals surface area contributed by atoms with Crippen LogP contribution >= 0.6 is 0 Å². The molecule has 3 rings (SSSR count). The van der Waals surface area contributed by atoms with Gasteiger partial charge in [-0.15, -0.1) is 0 Å². The lowest BCUT2D eigenvalue weighted by molar-refractivity contribution is 0.361. The van der Waals surface area contributed by atoms with Crippen molar-refractivity contribution in [3.8, 4) is 0 Å². The van der Waals surface area contributed by atoms with E-state index in [4.69, 9.17) is 5.73 Å². The fourth-order valence-corrected chi connectivity index (χ4v) is 4.96. The van der Waals surface area contributed by atoms with Crippen LogP contribution < -0.4 is 5.73 Å². The highest BCUT2D eigenvalue weighted by molar-refractivity contribution is 7.86. The third-order valence-corrected chi connectivity index (χ3v) is 6.42. The van der Waals surface area contributed by atoms with Crippen LogP contribution in [-0.4, -0.2) is 58.3 Å². The number of nitrogens with two attached hydrogens (primary N) is 1. The van der Waals surface area contributed by atoms with E-state index in [9.17, 15) is 8.42 Å². The molecule has 0 unspecified atom stereocenters. The Morgan fingerprint density at radius 2 is 2.14 bits per heavy atom. The second-order valence-electron chi connectivity index (χ2n) is 5.99. The standard InChI is InChI=1S/C13H23N5O2S/c1-3-18(10-4-5-10)21(19,20)17-6-11(12(14)7-17)13-8-16(2)9-15-13/h8-12H,3-7,14H2,1-2H3/t11-,12-/m1/s1. The van der Waals surface area contributed by atoms with E-state index in [0.717, 1.165) is 18.5 Å². The summed E-state index contributed by atoms with van der Waals surface area (Å²) in [6, 6.07) is -0.0160. The summed E-state index contributed by atoms with van der Waals surface area (Å²) in [5.41, 5.74) is 7.04. The molecule has 1 aromatic rings. The van der Waals surface area contributed by atoms with Crippen LogP contribution in [0, 0.1) is 0 Å². The quantitative estimate of drug-likeness (QED) is 0.821. The average Bonchev–Trinajstić information content (AvgIpc) is 3.02. The Bertz CT molecular complexity index is 610. The summed E-state index contributed by atoms with van der Waals surface area (Å²) in [5.74, 6) is -0.0288. The van der Waals surface area contributed by atoms with Gasteiger partial charge in [0, 0.05) is 50.9 Å². The van der Waals surface area contributed by atoms with E-state index >= 15 is 0 Å². The van der Waals surface area contributed by atoms with Crippen LogP contribution in [0.5, 0.6) is 0 Å². The highest BCUT2D eigenvalue weighted by Crippen LogP contribution is 2.33. The molecule has 21 heavy (non-hydrogen) atoms. The van der Waals surface area contributed by atoms with Gasteiger partial charge in [-0.2, -0.15) is 17.0 Å². The van der Waals surface area contributed by atoms with Crippen LogP contribution in [0.3, 0.4) is 0 Å². The molecular formula is C13H23N5O2S. The zero-order valence-electron chi connectivity index (χ0n) is 12.5. The third-order valence-electron chi connectivity index (χ3n) is 4.32. The number of aryl methyl sites for hydroxylation is 1. The predicted octanol–water partition coefficient (Wildman–Crippen LogP) is -0.124. The van der Waals surface area contributed by atoms with Crippen LogP contribution in [0.25, 0.3) is 0 Å². The highest BCUT2D eigenvalue weighted by Gasteiger charge is 2.44. The van der Waals surface area contributed by atoms with Crippen molar-refractivity contribution in [1.29, 1.82) is 0 Å². The van der Waals surface area contributed by atoms with Gasteiger partial charge < -0.3 is 10.3 Å². The second-order valence-corrected chi connectivity index (χ2v) is 7.87. The molecular weight excluding hydrogens is 290 g/mol. The molecule has 0 aromatic carbocycles. The lowest BCUT2D eigenvalue weighted by atomic mass is 10.0. The Labute approximate surface area is 125 Å². The van der Waals surface area contributed by atoms with Crippen LogP contribution in [-0.2, 0) is 17.3 Å². The Morgan fingerprint density at radius 1 is 1.43 bits per heavy atom. The molecule has 1 saturated carbocycles. The maximum atomic E-state index is 12.7. The van der Waals surface area contributed by atoms with Gasteiger partial charge in [0.2, 0.25) is 0 Å². The molecule has 2 N–H and O–H groups in total. The first-order chi connectivity index (χ1) is 9.93. The molecule has 2 fully saturated rings. The molecule has 1 aliphatic carbocycles. The lowest BCUT2D eigenvalue weighted by Gasteiger charge is -2.26. The van der Waals surface area contributed by atoms with Gasteiger partial charge in [-0.3, -0.25) is 0 Å². The number of hydrogen-bond donors (Lipinski definition) is 1. The van der Waals surface area contributed by atoms with Gasteiger partial charge in [-0.05, 0) is 12.8 Å². The van der Waals surface area contributed by atoms with E-state index < -0.39 is 10.2 Å². The van der Waals surface area contributed by atoms with Crippen LogP contribution in [0.1, 0.15) is 31.4 Å². The van der Waals surface area contributed by atoms with Crippen LogP contribution in [0.15, 0.2) is 12.5 Å². The number of rotatable bonds is 5. The maximum Gasteiger partial charge on any atom is 0.282 e. The monoisotopic (exact) mass is 313 g/mol. The SMILES string of the molecule is CCN(C1CC1)S(=O)(=O)N1C[C@@H](N)[C@H](c2cn(C)cn2)C1. The Balaban J connectivity index is 1.78. The summed E-state index contributed by atoms with van der Waals surface area (Å²) in [4.78, 5) is 4.33. The molecule has 7 nitrogen and oxygen atoms in total. The molecule has 2 aliphatic rings. The van der Waals surface area contributed by atoms with Crippen LogP contribution in [0.4, 0.5) is 0 Å². The van der Waals surface area contributed by atoms with Crippen molar-refractivity contribution in [2.75, 3.05) is 19.6 Å². The van der Waals surface area contributed by atoms with Gasteiger partial charge in [0.05, 0.1) is 12.0 Å². The summed E-state index contributed by atoms with van der Waals surface area (Å²) in [5, 5.41) is 0. The van der Waals surface area contributed by atoms with Crippen molar-refractivity contribution in [2.24, 2.45) is 12.8 Å². The van der Waals surface area contributed by atoms with Gasteiger partial charge in [0.15, 0.2) is 0 Å². The number of aromatic nitrogens is 2. The zero-order chi connectivity index (χ0) is 15.2. The van der Waals surface area contributed by atoms with Gasteiger partial charge >= 0.3 is 0 Å². The smallest absolute Gasteiger partial charge is 0.282 e. The van der Waals surface area contributed by atoms with Gasteiger partial charge in [-0.25, -0.2) is 4.98 Å². The Kier molecular flexibility index (Phi) is 3.81. The zero-order valence-corrected chi connectivity index (χ0v) is 13.3. The van der Waals surface area contributed by atoms with Crippen molar-refractivity contribution in [3.05, 3.63) is 18.2 Å². The van der Waals surface area contributed by atoms with Gasteiger partial charge in [0.1, 0.15) is 0 Å². The largest absolute Gasteiger partial charge is 0.340 e. The third kappa shape index (κ3) is 2.73. The topological polar surface area (TPSA) is 84.5 Å². The van der Waals surface area contributed by atoms with E-state index in [-0.39, 0.29) is 18.0 Å². The first-order valence-electron chi connectivity index (χ1n) is 7.43. The van der Waals surface area contributed by atoms with E-state index in [1.165, 1.54) is 4.31 Å². The molecule has 118 valence electrons. The fraction of sp³-hybridized carbons (Fsp3) is 0.769. The van der Waals surface area contributed by atoms with Crippen molar-refractivity contribution in [1.82, 2.24) is 18.2 Å². The molecule has 0 bridgehead atoms. The predicted molar refractivity (Wildman–Crippen MR) is 79.8 cm³/mol. The number of hydrogen-bond acceptors (Lipinski definition) is 4. The van der Waals surface area contributed by atoms with E-state index in [1.807, 2.05) is 24.7 Å². The van der Waals surface area contributed by atoms with E-state index in [2.05, 4.69) is 4.98 Å². The summed E-state index contributed by atoms with van der Waals surface area (Å²) in [7, 11) is -1.50. The van der Waals surface area contributed by atoms with Crippen molar-refractivity contribution < 1.29 is 8.42 Å². The van der Waals surface area contributed by atoms with Crippen LogP contribution in [0.2, 0.25) is 0 Å². The normalized spacial score (nSPS) is 27.6. The summed E-state index contributed by atoms with van der Waals surface area (Å²) in [6.45, 7) is 3.20. The van der Waals surface area contributed by atoms with Crippen molar-refractivity contribution in [3.63, 3.8) is 0 Å². The maximum absolute atomic E-state index is 12.7. The Morgan fingerprint density at radius 3 is 2.67 bits per heavy atom. The number of imidazole rings is 1. The molecule has 2 heterocycles. The minimum absolute atomic E-state index is 0.0288. The van der Waals surface area contributed by atoms with E-state index in [1.54, 1.807) is 10.6 Å². The Hall–Kier alpha value is -0.960. The molecule has 8 heteroatoms. The minimum Gasteiger partial charge on any atom is -0.340 e. The summed E-state index contributed by atoms with van der Waals surface area (Å²) < 4.78 is 30.5. The second kappa shape index (κ2) is 5.35. The van der Waals surface area contributed by atoms with E-state index in [0.29, 0.717) is 19.6 Å². The summed E-state index contributed by atoms with van der Waals surface area (Å²) >= 11 is 0. The summed E-state index contributed by atoms with van der Waals surface area (Å²) in [6.07, 6.45) is 5.58. The molecule has 1 aromatic heterocycles. The van der Waals surface area contributed by atoms with Crippen molar-refractivity contribution >= 4 is 10.2 Å². The van der Waals surface area contributed by atoms with Gasteiger partial charge in [-0.1, -0.05) is 6.92 Å².